The molecule has 20 heavy (non-hydrogen) atoms. The number of nitrogens with one attached hydrogen (secondary N) is 1. The first-order valence-corrected chi connectivity index (χ1v) is 7.04. The van der Waals surface area contributed by atoms with Crippen LogP contribution in [0.5, 0.6) is 0 Å². The highest BCUT2D eigenvalue weighted by atomic mass is 79.9. The average Bonchev–Trinajstić information content (AvgIpc) is 2.45. The monoisotopic (exact) mass is 332 g/mol. The van der Waals surface area contributed by atoms with Crippen LogP contribution in [0.1, 0.15) is 5.56 Å². The van der Waals surface area contributed by atoms with Crippen LogP contribution in [0.4, 0.5) is 5.69 Å². The SMILES string of the molecule is CN(Cc1cccc(Br)c1)C(=Nc1ccccc1)NN. The van der Waals surface area contributed by atoms with Gasteiger partial charge >= 0.3 is 0 Å². The Morgan fingerprint density at radius 3 is 2.60 bits per heavy atom. The van der Waals surface area contributed by atoms with Crippen LogP contribution < -0.4 is 11.3 Å². The second-order valence-corrected chi connectivity index (χ2v) is 5.32. The quantitative estimate of drug-likeness (QED) is 0.393. The topological polar surface area (TPSA) is 53.6 Å². The molecule has 0 unspecified atom stereocenters. The van der Waals surface area contributed by atoms with Gasteiger partial charge in [0.25, 0.3) is 0 Å². The van der Waals surface area contributed by atoms with E-state index in [4.69, 9.17) is 5.84 Å². The molecule has 104 valence electrons. The number of aliphatic imine (C=N–C) groups is 1. The number of rotatable bonds is 3. The van der Waals surface area contributed by atoms with E-state index in [1.54, 1.807) is 0 Å². The Kier molecular flexibility index (Phi) is 5.15. The van der Waals surface area contributed by atoms with Crippen molar-refractivity contribution in [2.45, 2.75) is 6.54 Å². The molecule has 0 aliphatic heterocycles. The lowest BCUT2D eigenvalue weighted by molar-refractivity contribution is 0.480. The molecule has 0 bridgehead atoms. The molecule has 2 aromatic carbocycles. The number of nitrogens with two attached hydrogens (primary N) is 1. The van der Waals surface area contributed by atoms with Gasteiger partial charge in [0.05, 0.1) is 5.69 Å². The molecule has 0 saturated carbocycles. The van der Waals surface area contributed by atoms with Crippen molar-refractivity contribution in [3.05, 3.63) is 64.6 Å². The molecule has 0 aliphatic carbocycles. The summed E-state index contributed by atoms with van der Waals surface area (Å²) in [6.45, 7) is 0.718. The Hall–Kier alpha value is -1.85. The van der Waals surface area contributed by atoms with Crippen molar-refractivity contribution in [1.82, 2.24) is 10.3 Å². The maximum atomic E-state index is 5.57. The fourth-order valence-corrected chi connectivity index (χ4v) is 2.28. The summed E-state index contributed by atoms with van der Waals surface area (Å²) in [6, 6.07) is 17.9. The Bertz CT molecular complexity index is 583. The standard InChI is InChI=1S/C15H17BrN4/c1-20(11-12-6-5-7-13(16)10-12)15(19-17)18-14-8-3-2-4-9-14/h2-10H,11,17H2,1H3,(H,18,19). The summed E-state index contributed by atoms with van der Waals surface area (Å²) in [7, 11) is 1.95. The number of benzene rings is 2. The van der Waals surface area contributed by atoms with Crippen molar-refractivity contribution in [3.8, 4) is 0 Å². The lowest BCUT2D eigenvalue weighted by Gasteiger charge is -2.20. The number of halogens is 1. The summed E-state index contributed by atoms with van der Waals surface area (Å²) in [5.74, 6) is 6.19. The first kappa shape index (κ1) is 14.6. The van der Waals surface area contributed by atoms with Crippen LogP contribution in [0.3, 0.4) is 0 Å². The smallest absolute Gasteiger partial charge is 0.213 e. The van der Waals surface area contributed by atoms with Crippen LogP contribution in [-0.4, -0.2) is 17.9 Å². The molecule has 0 radical (unpaired) electrons. The molecule has 4 nitrogen and oxygen atoms in total. The number of para-hydroxylation sites is 1. The number of guanidine groups is 1. The minimum Gasteiger partial charge on any atom is -0.340 e. The van der Waals surface area contributed by atoms with Crippen LogP contribution in [0.2, 0.25) is 0 Å². The van der Waals surface area contributed by atoms with Gasteiger partial charge in [-0.15, -0.1) is 0 Å². The fraction of sp³-hybridized carbons (Fsp3) is 0.133. The fourth-order valence-electron chi connectivity index (χ4n) is 1.84. The largest absolute Gasteiger partial charge is 0.340 e. The summed E-state index contributed by atoms with van der Waals surface area (Å²) in [5, 5.41) is 0. The summed E-state index contributed by atoms with van der Waals surface area (Å²) in [4.78, 5) is 6.46. The first-order chi connectivity index (χ1) is 9.69. The molecule has 5 heteroatoms. The summed E-state index contributed by atoms with van der Waals surface area (Å²) < 4.78 is 1.06. The zero-order valence-corrected chi connectivity index (χ0v) is 12.8. The second kappa shape index (κ2) is 7.07. The Balaban J connectivity index is 2.13. The van der Waals surface area contributed by atoms with Gasteiger partial charge in [-0.1, -0.05) is 46.3 Å². The summed E-state index contributed by atoms with van der Waals surface area (Å²) >= 11 is 3.47. The van der Waals surface area contributed by atoms with E-state index in [2.05, 4.69) is 38.5 Å². The highest BCUT2D eigenvalue weighted by molar-refractivity contribution is 9.10. The van der Waals surface area contributed by atoms with Gasteiger partial charge in [0, 0.05) is 18.1 Å². The van der Waals surface area contributed by atoms with E-state index in [1.165, 1.54) is 5.56 Å². The Labute approximate surface area is 127 Å². The molecular weight excluding hydrogens is 316 g/mol. The molecule has 0 aliphatic rings. The summed E-state index contributed by atoms with van der Waals surface area (Å²) in [6.07, 6.45) is 0. The van der Waals surface area contributed by atoms with E-state index in [-0.39, 0.29) is 0 Å². The Morgan fingerprint density at radius 2 is 1.95 bits per heavy atom. The number of nitrogens with zero attached hydrogens (tertiary/aromatic N) is 2. The van der Waals surface area contributed by atoms with Crippen molar-refractivity contribution in [2.75, 3.05) is 7.05 Å². The van der Waals surface area contributed by atoms with E-state index in [9.17, 15) is 0 Å². The maximum Gasteiger partial charge on any atom is 0.213 e. The van der Waals surface area contributed by atoms with Crippen molar-refractivity contribution < 1.29 is 0 Å². The molecule has 0 saturated heterocycles. The van der Waals surface area contributed by atoms with Gasteiger partial charge in [-0.2, -0.15) is 0 Å². The predicted molar refractivity (Wildman–Crippen MR) is 86.5 cm³/mol. The molecule has 0 fully saturated rings. The van der Waals surface area contributed by atoms with Crippen molar-refractivity contribution in [1.29, 1.82) is 0 Å². The van der Waals surface area contributed by atoms with Crippen LogP contribution in [-0.2, 0) is 6.54 Å². The minimum atomic E-state index is 0.621. The predicted octanol–water partition coefficient (Wildman–Crippen LogP) is 3.03. The third-order valence-electron chi connectivity index (χ3n) is 2.79. The molecule has 0 amide bonds. The molecule has 0 atom stereocenters. The molecule has 2 rings (SSSR count). The average molecular weight is 333 g/mol. The highest BCUT2D eigenvalue weighted by Crippen LogP contribution is 2.14. The van der Waals surface area contributed by atoms with Crippen molar-refractivity contribution in [3.63, 3.8) is 0 Å². The molecule has 0 aromatic heterocycles. The third-order valence-corrected chi connectivity index (χ3v) is 3.28. The van der Waals surface area contributed by atoms with Crippen LogP contribution in [0, 0.1) is 0 Å². The van der Waals surface area contributed by atoms with Gasteiger partial charge in [0.15, 0.2) is 0 Å². The van der Waals surface area contributed by atoms with Crippen LogP contribution in [0.15, 0.2) is 64.1 Å². The number of hydrazine groups is 1. The van der Waals surface area contributed by atoms with Gasteiger partial charge in [0.1, 0.15) is 0 Å². The van der Waals surface area contributed by atoms with E-state index in [0.29, 0.717) is 5.96 Å². The van der Waals surface area contributed by atoms with Gasteiger partial charge in [-0.05, 0) is 29.8 Å². The van der Waals surface area contributed by atoms with Crippen LogP contribution in [0.25, 0.3) is 0 Å². The van der Waals surface area contributed by atoms with Gasteiger partial charge in [-0.25, -0.2) is 10.8 Å². The highest BCUT2D eigenvalue weighted by Gasteiger charge is 2.06. The van der Waals surface area contributed by atoms with Gasteiger partial charge < -0.3 is 4.90 Å². The molecule has 0 heterocycles. The lowest BCUT2D eigenvalue weighted by Crippen LogP contribution is -2.42. The zero-order chi connectivity index (χ0) is 14.4. The maximum absolute atomic E-state index is 5.57. The van der Waals surface area contributed by atoms with E-state index in [0.717, 1.165) is 16.7 Å². The Morgan fingerprint density at radius 1 is 1.20 bits per heavy atom. The lowest BCUT2D eigenvalue weighted by atomic mass is 10.2. The van der Waals surface area contributed by atoms with E-state index < -0.39 is 0 Å². The third kappa shape index (κ3) is 4.08. The second-order valence-electron chi connectivity index (χ2n) is 4.40. The normalized spacial score (nSPS) is 11.2. The summed E-state index contributed by atoms with van der Waals surface area (Å²) in [5.41, 5.74) is 4.69. The first-order valence-electron chi connectivity index (χ1n) is 6.25. The van der Waals surface area contributed by atoms with Crippen molar-refractivity contribution in [2.24, 2.45) is 10.8 Å². The molecule has 2 aromatic rings. The van der Waals surface area contributed by atoms with Gasteiger partial charge in [0.2, 0.25) is 5.96 Å². The minimum absolute atomic E-state index is 0.621. The van der Waals surface area contributed by atoms with E-state index >= 15 is 0 Å². The van der Waals surface area contributed by atoms with Gasteiger partial charge in [-0.3, -0.25) is 5.43 Å². The molecular formula is C15H17BrN4. The van der Waals surface area contributed by atoms with Crippen molar-refractivity contribution >= 4 is 27.6 Å². The van der Waals surface area contributed by atoms with E-state index in [1.807, 2.05) is 54.4 Å². The van der Waals surface area contributed by atoms with Crippen LogP contribution >= 0.6 is 15.9 Å². The number of hydrogen-bond donors (Lipinski definition) is 2. The number of hydrogen-bond acceptors (Lipinski definition) is 2. The molecule has 3 N–H and O–H groups in total. The zero-order valence-electron chi connectivity index (χ0n) is 11.3. The molecule has 0 spiro atoms.